The highest BCUT2D eigenvalue weighted by Crippen LogP contribution is 2.46. The second kappa shape index (κ2) is 7.09. The molecule has 0 radical (unpaired) electrons. The average molecular weight is 334 g/mol. The van der Waals surface area contributed by atoms with Crippen LogP contribution in [0.25, 0.3) is 0 Å². The highest BCUT2D eigenvalue weighted by atomic mass is 32.2. The van der Waals surface area contributed by atoms with Gasteiger partial charge < -0.3 is 9.47 Å². The van der Waals surface area contributed by atoms with Crippen LogP contribution in [0.5, 0.6) is 0 Å². The highest BCUT2D eigenvalue weighted by molar-refractivity contribution is 8.01. The van der Waals surface area contributed by atoms with Crippen molar-refractivity contribution in [3.05, 3.63) is 30.1 Å². The summed E-state index contributed by atoms with van der Waals surface area (Å²) in [5.41, 5.74) is 1.32. The van der Waals surface area contributed by atoms with Gasteiger partial charge in [-0.2, -0.15) is 0 Å². The molecule has 3 aliphatic rings. The largest absolute Gasteiger partial charge is 0.381 e. The lowest BCUT2D eigenvalue weighted by Crippen LogP contribution is -2.58. The normalized spacial score (nSPS) is 28.1. The van der Waals surface area contributed by atoms with Gasteiger partial charge in [0.2, 0.25) is 0 Å². The summed E-state index contributed by atoms with van der Waals surface area (Å²) in [6, 6.07) is 4.19. The number of ether oxygens (including phenoxy) is 2. The summed E-state index contributed by atoms with van der Waals surface area (Å²) in [4.78, 5) is 6.74. The second-order valence-electron chi connectivity index (χ2n) is 7.22. The van der Waals surface area contributed by atoms with Gasteiger partial charge in [0, 0.05) is 62.3 Å². The molecule has 4 nitrogen and oxygen atoms in total. The topological polar surface area (TPSA) is 34.6 Å². The van der Waals surface area contributed by atoms with Crippen molar-refractivity contribution in [2.75, 3.05) is 38.7 Å². The molecule has 4 heterocycles. The Morgan fingerprint density at radius 1 is 1.35 bits per heavy atom. The molecule has 1 aromatic heterocycles. The summed E-state index contributed by atoms with van der Waals surface area (Å²) < 4.78 is 12.1. The summed E-state index contributed by atoms with van der Waals surface area (Å²) in [5.74, 6) is 1.89. The predicted octanol–water partition coefficient (Wildman–Crippen LogP) is 2.58. The van der Waals surface area contributed by atoms with Gasteiger partial charge in [0.15, 0.2) is 0 Å². The van der Waals surface area contributed by atoms with Gasteiger partial charge in [-0.3, -0.25) is 9.88 Å². The van der Waals surface area contributed by atoms with Crippen LogP contribution in [0.3, 0.4) is 0 Å². The van der Waals surface area contributed by atoms with E-state index in [2.05, 4.69) is 27.7 Å². The zero-order valence-electron chi connectivity index (χ0n) is 13.7. The molecule has 4 rings (SSSR count). The molecule has 0 aliphatic carbocycles. The highest BCUT2D eigenvalue weighted by Gasteiger charge is 2.49. The number of nitrogens with zero attached hydrogens (tertiary/aromatic N) is 2. The SMILES string of the molecule is c1cncc(CN2CC3(CC(OCC4CCOCC4)CS3)C2)c1. The molecule has 3 fully saturated rings. The van der Waals surface area contributed by atoms with Gasteiger partial charge in [-0.05, 0) is 36.8 Å². The van der Waals surface area contributed by atoms with Crippen molar-refractivity contribution in [3.63, 3.8) is 0 Å². The van der Waals surface area contributed by atoms with Gasteiger partial charge in [-0.25, -0.2) is 0 Å². The third-order valence-electron chi connectivity index (χ3n) is 5.24. The molecule has 5 heteroatoms. The van der Waals surface area contributed by atoms with Crippen molar-refractivity contribution < 1.29 is 9.47 Å². The Labute approximate surface area is 142 Å². The van der Waals surface area contributed by atoms with E-state index < -0.39 is 0 Å². The van der Waals surface area contributed by atoms with Crippen LogP contribution in [0.2, 0.25) is 0 Å². The molecule has 1 atom stereocenters. The summed E-state index contributed by atoms with van der Waals surface area (Å²) in [7, 11) is 0. The first-order valence-electron chi connectivity index (χ1n) is 8.76. The molecule has 0 bridgehead atoms. The quantitative estimate of drug-likeness (QED) is 0.827. The van der Waals surface area contributed by atoms with Gasteiger partial charge in [0.1, 0.15) is 0 Å². The fraction of sp³-hybridized carbons (Fsp3) is 0.722. The Bertz CT molecular complexity index is 501. The Kier molecular flexibility index (Phi) is 4.90. The van der Waals surface area contributed by atoms with Gasteiger partial charge in [-0.15, -0.1) is 11.8 Å². The lowest BCUT2D eigenvalue weighted by molar-refractivity contribution is -0.0133. The molecule has 1 spiro atoms. The predicted molar refractivity (Wildman–Crippen MR) is 92.6 cm³/mol. The van der Waals surface area contributed by atoms with Crippen molar-refractivity contribution in [1.29, 1.82) is 0 Å². The minimum absolute atomic E-state index is 0.461. The number of thioether (sulfide) groups is 1. The molecule has 3 saturated heterocycles. The molecule has 126 valence electrons. The summed E-state index contributed by atoms with van der Waals surface area (Å²) in [6.07, 6.45) is 7.85. The Morgan fingerprint density at radius 3 is 3.00 bits per heavy atom. The number of pyridine rings is 1. The number of hydrogen-bond acceptors (Lipinski definition) is 5. The van der Waals surface area contributed by atoms with Crippen LogP contribution >= 0.6 is 11.8 Å². The van der Waals surface area contributed by atoms with Crippen LogP contribution < -0.4 is 0 Å². The second-order valence-corrected chi connectivity index (χ2v) is 8.70. The maximum Gasteiger partial charge on any atom is 0.0680 e. The molecular weight excluding hydrogens is 308 g/mol. The fourth-order valence-electron chi connectivity index (χ4n) is 3.95. The van der Waals surface area contributed by atoms with Crippen molar-refractivity contribution >= 4 is 11.8 Å². The minimum atomic E-state index is 0.461. The number of rotatable bonds is 5. The number of aromatic nitrogens is 1. The molecule has 1 unspecified atom stereocenters. The number of hydrogen-bond donors (Lipinski definition) is 0. The van der Waals surface area contributed by atoms with Gasteiger partial charge in [-0.1, -0.05) is 6.07 Å². The zero-order valence-corrected chi connectivity index (χ0v) is 14.5. The Morgan fingerprint density at radius 2 is 2.22 bits per heavy atom. The third kappa shape index (κ3) is 3.90. The first-order valence-corrected chi connectivity index (χ1v) is 9.74. The van der Waals surface area contributed by atoms with Crippen LogP contribution in [-0.2, 0) is 16.0 Å². The lowest BCUT2D eigenvalue weighted by Gasteiger charge is -2.47. The van der Waals surface area contributed by atoms with Gasteiger partial charge >= 0.3 is 0 Å². The maximum absolute atomic E-state index is 6.22. The number of likely N-dealkylation sites (tertiary alicyclic amines) is 1. The summed E-state index contributed by atoms with van der Waals surface area (Å²) >= 11 is 2.13. The van der Waals surface area contributed by atoms with E-state index in [0.717, 1.165) is 26.4 Å². The Hall–Kier alpha value is -0.620. The maximum atomic E-state index is 6.22. The van der Waals surface area contributed by atoms with E-state index in [0.29, 0.717) is 16.8 Å². The zero-order chi connectivity index (χ0) is 15.5. The molecule has 0 N–H and O–H groups in total. The van der Waals surface area contributed by atoms with Crippen LogP contribution in [0.15, 0.2) is 24.5 Å². The minimum Gasteiger partial charge on any atom is -0.381 e. The molecule has 1 aromatic rings. The van der Waals surface area contributed by atoms with E-state index >= 15 is 0 Å². The lowest BCUT2D eigenvalue weighted by atomic mass is 9.92. The van der Waals surface area contributed by atoms with Crippen molar-refractivity contribution in [2.24, 2.45) is 5.92 Å². The smallest absolute Gasteiger partial charge is 0.0680 e. The van der Waals surface area contributed by atoms with Crippen LogP contribution in [-0.4, -0.2) is 59.4 Å². The third-order valence-corrected chi connectivity index (χ3v) is 6.81. The molecule has 0 aromatic carbocycles. The molecule has 23 heavy (non-hydrogen) atoms. The van der Waals surface area contributed by atoms with Crippen LogP contribution in [0.4, 0.5) is 0 Å². The fourth-order valence-corrected chi connectivity index (χ4v) is 5.55. The van der Waals surface area contributed by atoms with E-state index in [4.69, 9.17) is 9.47 Å². The van der Waals surface area contributed by atoms with Crippen LogP contribution in [0.1, 0.15) is 24.8 Å². The van der Waals surface area contributed by atoms with Crippen LogP contribution in [0, 0.1) is 5.92 Å². The van der Waals surface area contributed by atoms with Crippen molar-refractivity contribution in [3.8, 4) is 0 Å². The Balaban J connectivity index is 1.19. The monoisotopic (exact) mass is 334 g/mol. The van der Waals surface area contributed by atoms with Gasteiger partial charge in [0.05, 0.1) is 6.10 Å². The average Bonchev–Trinajstić information content (AvgIpc) is 2.99. The molecule has 0 saturated carbocycles. The molecular formula is C18H26N2O2S. The molecule has 3 aliphatic heterocycles. The van der Waals surface area contributed by atoms with Crippen molar-refractivity contribution in [2.45, 2.75) is 36.7 Å². The summed E-state index contributed by atoms with van der Waals surface area (Å²) in [5, 5.41) is 0. The van der Waals surface area contributed by atoms with E-state index in [-0.39, 0.29) is 0 Å². The van der Waals surface area contributed by atoms with Gasteiger partial charge in [0.25, 0.3) is 0 Å². The van der Waals surface area contributed by atoms with E-state index in [1.165, 1.54) is 43.7 Å². The summed E-state index contributed by atoms with van der Waals surface area (Å²) in [6.45, 7) is 6.20. The van der Waals surface area contributed by atoms with E-state index in [9.17, 15) is 0 Å². The van der Waals surface area contributed by atoms with E-state index in [1.54, 1.807) is 0 Å². The van der Waals surface area contributed by atoms with E-state index in [1.807, 2.05) is 18.5 Å². The first kappa shape index (κ1) is 15.9. The molecule has 0 amide bonds. The standard InChI is InChI=1S/C18H26N2O2S/c1-2-16(9-19-5-1)10-20-13-18(14-20)8-17(12-23-18)22-11-15-3-6-21-7-4-15/h1-2,5,9,15,17H,3-4,6-8,10-14H2. The van der Waals surface area contributed by atoms with Crippen molar-refractivity contribution in [1.82, 2.24) is 9.88 Å². The first-order chi connectivity index (χ1) is 11.3.